The third-order valence-corrected chi connectivity index (χ3v) is 3.84. The van der Waals surface area contributed by atoms with Crippen molar-refractivity contribution in [2.75, 3.05) is 13.1 Å². The summed E-state index contributed by atoms with van der Waals surface area (Å²) in [5.41, 5.74) is 1.48. The molecule has 0 spiro atoms. The van der Waals surface area contributed by atoms with Crippen molar-refractivity contribution >= 4 is 0 Å². The highest BCUT2D eigenvalue weighted by Crippen LogP contribution is 2.37. The number of aromatic nitrogens is 2. The summed E-state index contributed by atoms with van der Waals surface area (Å²) in [5.74, 6) is 0.800. The van der Waals surface area contributed by atoms with Crippen molar-refractivity contribution in [3.8, 4) is 0 Å². The van der Waals surface area contributed by atoms with E-state index in [-0.39, 0.29) is 0 Å². The van der Waals surface area contributed by atoms with Gasteiger partial charge >= 0.3 is 0 Å². The summed E-state index contributed by atoms with van der Waals surface area (Å²) in [6, 6.07) is 2.82. The van der Waals surface area contributed by atoms with Crippen molar-refractivity contribution in [3.05, 3.63) is 18.0 Å². The SMILES string of the molecule is c1cc(C2CCC2)n(C2CCCNC2)n1. The fourth-order valence-corrected chi connectivity index (χ4v) is 2.70. The van der Waals surface area contributed by atoms with E-state index >= 15 is 0 Å². The Kier molecular flexibility index (Phi) is 2.49. The molecule has 1 unspecified atom stereocenters. The lowest BCUT2D eigenvalue weighted by molar-refractivity contribution is 0.312. The van der Waals surface area contributed by atoms with E-state index in [1.165, 1.54) is 44.3 Å². The molecule has 2 fully saturated rings. The Morgan fingerprint density at radius 3 is 2.87 bits per heavy atom. The molecule has 15 heavy (non-hydrogen) atoms. The van der Waals surface area contributed by atoms with Gasteiger partial charge in [0, 0.05) is 24.4 Å². The summed E-state index contributed by atoms with van der Waals surface area (Å²) in [4.78, 5) is 0. The molecular formula is C12H19N3. The van der Waals surface area contributed by atoms with E-state index in [4.69, 9.17) is 0 Å². The molecule has 1 aliphatic heterocycles. The first-order valence-corrected chi connectivity index (χ1v) is 6.19. The van der Waals surface area contributed by atoms with Crippen molar-refractivity contribution in [1.82, 2.24) is 15.1 Å². The Balaban J connectivity index is 1.80. The molecule has 3 heteroatoms. The van der Waals surface area contributed by atoms with Gasteiger partial charge in [0.25, 0.3) is 0 Å². The van der Waals surface area contributed by atoms with Gasteiger partial charge in [-0.15, -0.1) is 0 Å². The maximum absolute atomic E-state index is 4.52. The highest BCUT2D eigenvalue weighted by molar-refractivity contribution is 5.12. The van der Waals surface area contributed by atoms with Crippen LogP contribution in [-0.2, 0) is 0 Å². The van der Waals surface area contributed by atoms with Crippen LogP contribution in [0.5, 0.6) is 0 Å². The summed E-state index contributed by atoms with van der Waals surface area (Å²) in [6.45, 7) is 2.28. The Morgan fingerprint density at radius 1 is 1.27 bits per heavy atom. The molecule has 1 saturated heterocycles. The molecule has 0 bridgehead atoms. The predicted octanol–water partition coefficient (Wildman–Crippen LogP) is 2.08. The van der Waals surface area contributed by atoms with E-state index in [0.717, 1.165) is 12.5 Å². The molecule has 1 atom stereocenters. The minimum Gasteiger partial charge on any atom is -0.315 e. The summed E-state index contributed by atoms with van der Waals surface area (Å²) >= 11 is 0. The van der Waals surface area contributed by atoms with Gasteiger partial charge in [-0.05, 0) is 38.3 Å². The second-order valence-electron chi connectivity index (χ2n) is 4.83. The largest absolute Gasteiger partial charge is 0.315 e. The van der Waals surface area contributed by atoms with Gasteiger partial charge in [0.05, 0.1) is 6.04 Å². The highest BCUT2D eigenvalue weighted by Gasteiger charge is 2.26. The molecule has 2 aliphatic rings. The number of nitrogens with zero attached hydrogens (tertiary/aromatic N) is 2. The highest BCUT2D eigenvalue weighted by atomic mass is 15.3. The van der Waals surface area contributed by atoms with Gasteiger partial charge in [-0.25, -0.2) is 0 Å². The average Bonchev–Trinajstić information content (AvgIpc) is 2.65. The number of hydrogen-bond acceptors (Lipinski definition) is 2. The van der Waals surface area contributed by atoms with E-state index in [0.29, 0.717) is 6.04 Å². The van der Waals surface area contributed by atoms with Crippen LogP contribution >= 0.6 is 0 Å². The van der Waals surface area contributed by atoms with Gasteiger partial charge in [-0.3, -0.25) is 4.68 Å². The first kappa shape index (κ1) is 9.40. The van der Waals surface area contributed by atoms with Crippen LogP contribution in [-0.4, -0.2) is 22.9 Å². The third-order valence-electron chi connectivity index (χ3n) is 3.84. The van der Waals surface area contributed by atoms with Gasteiger partial charge < -0.3 is 5.32 Å². The lowest BCUT2D eigenvalue weighted by Crippen LogP contribution is -2.33. The first-order chi connectivity index (χ1) is 7.45. The quantitative estimate of drug-likeness (QED) is 0.801. The van der Waals surface area contributed by atoms with Gasteiger partial charge in [0.2, 0.25) is 0 Å². The van der Waals surface area contributed by atoms with E-state index in [1.54, 1.807) is 0 Å². The first-order valence-electron chi connectivity index (χ1n) is 6.19. The maximum Gasteiger partial charge on any atom is 0.0647 e. The Bertz CT molecular complexity index is 321. The van der Waals surface area contributed by atoms with E-state index in [2.05, 4.69) is 21.2 Å². The monoisotopic (exact) mass is 205 g/mol. The molecule has 1 saturated carbocycles. The molecule has 1 aliphatic carbocycles. The van der Waals surface area contributed by atoms with Gasteiger partial charge in [0.1, 0.15) is 0 Å². The van der Waals surface area contributed by atoms with Crippen LogP contribution in [0.15, 0.2) is 12.3 Å². The van der Waals surface area contributed by atoms with Crippen molar-refractivity contribution in [1.29, 1.82) is 0 Å². The molecule has 82 valence electrons. The molecule has 1 aromatic heterocycles. The van der Waals surface area contributed by atoms with Crippen molar-refractivity contribution in [3.63, 3.8) is 0 Å². The summed E-state index contributed by atoms with van der Waals surface area (Å²) in [7, 11) is 0. The maximum atomic E-state index is 4.52. The minimum absolute atomic E-state index is 0.601. The van der Waals surface area contributed by atoms with Crippen LogP contribution in [0.4, 0.5) is 0 Å². The van der Waals surface area contributed by atoms with E-state index < -0.39 is 0 Å². The summed E-state index contributed by atoms with van der Waals surface area (Å²) in [5, 5.41) is 7.98. The van der Waals surface area contributed by atoms with Gasteiger partial charge in [0.15, 0.2) is 0 Å². The number of rotatable bonds is 2. The second kappa shape index (κ2) is 3.97. The smallest absolute Gasteiger partial charge is 0.0647 e. The molecule has 3 rings (SSSR count). The van der Waals surface area contributed by atoms with Crippen LogP contribution < -0.4 is 5.32 Å². The molecular weight excluding hydrogens is 186 g/mol. The molecule has 0 radical (unpaired) electrons. The fourth-order valence-electron chi connectivity index (χ4n) is 2.70. The third kappa shape index (κ3) is 1.69. The molecule has 1 aromatic rings. The second-order valence-corrected chi connectivity index (χ2v) is 4.83. The number of nitrogens with one attached hydrogen (secondary N) is 1. The molecule has 3 nitrogen and oxygen atoms in total. The zero-order valence-electron chi connectivity index (χ0n) is 9.15. The van der Waals surface area contributed by atoms with Gasteiger partial charge in [-0.2, -0.15) is 5.10 Å². The molecule has 1 N–H and O–H groups in total. The number of hydrogen-bond donors (Lipinski definition) is 1. The van der Waals surface area contributed by atoms with E-state index in [1.807, 2.05) is 6.20 Å². The average molecular weight is 205 g/mol. The zero-order valence-corrected chi connectivity index (χ0v) is 9.15. The normalized spacial score (nSPS) is 27.6. The van der Waals surface area contributed by atoms with Crippen molar-refractivity contribution in [2.24, 2.45) is 0 Å². The Hall–Kier alpha value is -0.830. The van der Waals surface area contributed by atoms with Crippen molar-refractivity contribution < 1.29 is 0 Å². The lowest BCUT2D eigenvalue weighted by atomic mass is 9.82. The zero-order chi connectivity index (χ0) is 10.1. The van der Waals surface area contributed by atoms with Gasteiger partial charge in [-0.1, -0.05) is 6.42 Å². The topological polar surface area (TPSA) is 29.9 Å². The standard InChI is InChI=1S/C12H19N3/c1-3-10(4-1)12-6-8-14-15(12)11-5-2-7-13-9-11/h6,8,10-11,13H,1-5,7,9H2. The van der Waals surface area contributed by atoms with Crippen LogP contribution in [0.3, 0.4) is 0 Å². The fraction of sp³-hybridized carbons (Fsp3) is 0.750. The summed E-state index contributed by atoms with van der Waals surface area (Å²) in [6.07, 6.45) is 8.68. The van der Waals surface area contributed by atoms with Crippen LogP contribution in [0.25, 0.3) is 0 Å². The summed E-state index contributed by atoms with van der Waals surface area (Å²) < 4.78 is 2.29. The Labute approximate surface area is 90.9 Å². The molecule has 0 aromatic carbocycles. The minimum atomic E-state index is 0.601. The lowest BCUT2D eigenvalue weighted by Gasteiger charge is -2.30. The number of piperidine rings is 1. The van der Waals surface area contributed by atoms with Crippen molar-refractivity contribution in [2.45, 2.75) is 44.1 Å². The molecule has 0 amide bonds. The molecule has 2 heterocycles. The van der Waals surface area contributed by atoms with E-state index in [9.17, 15) is 0 Å². The van der Waals surface area contributed by atoms with Crippen LogP contribution in [0.1, 0.15) is 49.8 Å². The predicted molar refractivity (Wildman–Crippen MR) is 60.0 cm³/mol. The Morgan fingerprint density at radius 2 is 2.20 bits per heavy atom. The van der Waals surface area contributed by atoms with Crippen LogP contribution in [0.2, 0.25) is 0 Å². The van der Waals surface area contributed by atoms with Crippen LogP contribution in [0, 0.1) is 0 Å².